The molecule has 0 bridgehead atoms. The molecule has 0 spiro atoms. The summed E-state index contributed by atoms with van der Waals surface area (Å²) in [5, 5.41) is 18.3. The minimum Gasteiger partial charge on any atom is -0.505 e. The van der Waals surface area contributed by atoms with Crippen LogP contribution in [0.25, 0.3) is 0 Å². The van der Waals surface area contributed by atoms with E-state index in [1.165, 1.54) is 0 Å². The van der Waals surface area contributed by atoms with Crippen molar-refractivity contribution in [2.45, 2.75) is 0 Å². The topological polar surface area (TPSA) is 93.1 Å². The molecule has 0 aliphatic rings. The molecule has 18 heavy (non-hydrogen) atoms. The largest absolute Gasteiger partial charge is 0.505 e. The molecule has 6 nitrogen and oxygen atoms in total. The molecule has 98 valence electrons. The van der Waals surface area contributed by atoms with Crippen molar-refractivity contribution in [1.29, 1.82) is 0 Å². The second kappa shape index (κ2) is 5.32. The summed E-state index contributed by atoms with van der Waals surface area (Å²) in [6, 6.07) is 0. The smallest absolute Gasteiger partial charge is 0.343 e. The van der Waals surface area contributed by atoms with Gasteiger partial charge in [-0.05, 0) is 0 Å². The summed E-state index contributed by atoms with van der Waals surface area (Å²) in [5.74, 6) is -3.56. The second-order valence-electron chi connectivity index (χ2n) is 3.06. The Morgan fingerprint density at radius 1 is 0.889 bits per heavy atom. The highest BCUT2D eigenvalue weighted by Crippen LogP contribution is 2.44. The maximum atomic E-state index is 11.4. The molecule has 0 atom stereocenters. The van der Waals surface area contributed by atoms with Gasteiger partial charge in [0.15, 0.2) is 11.5 Å². The Balaban J connectivity index is 3.66. The van der Waals surface area contributed by atoms with E-state index in [2.05, 4.69) is 9.47 Å². The van der Waals surface area contributed by atoms with E-state index in [9.17, 15) is 19.8 Å². The van der Waals surface area contributed by atoms with Crippen molar-refractivity contribution in [2.75, 3.05) is 14.2 Å². The van der Waals surface area contributed by atoms with Gasteiger partial charge in [0.1, 0.15) is 21.2 Å². The zero-order valence-corrected chi connectivity index (χ0v) is 10.8. The SMILES string of the molecule is COC(=O)c1c(O)c(Cl)c(C(=O)OC)c(O)c1Cl. The highest BCUT2D eigenvalue weighted by atomic mass is 35.5. The first-order valence-corrected chi connectivity index (χ1v) is 5.21. The molecular weight excluding hydrogens is 287 g/mol. The van der Waals surface area contributed by atoms with E-state index in [-0.39, 0.29) is 0 Å². The van der Waals surface area contributed by atoms with Crippen LogP contribution in [0, 0.1) is 0 Å². The summed E-state index contributed by atoms with van der Waals surface area (Å²) in [4.78, 5) is 22.7. The number of hydrogen-bond donors (Lipinski definition) is 2. The summed E-state index contributed by atoms with van der Waals surface area (Å²) >= 11 is 11.3. The fourth-order valence-corrected chi connectivity index (χ4v) is 1.76. The number of phenols is 2. The Hall–Kier alpha value is -1.66. The predicted octanol–water partition coefficient (Wildman–Crippen LogP) is 1.98. The maximum Gasteiger partial charge on any atom is 0.343 e. The monoisotopic (exact) mass is 294 g/mol. The first-order valence-electron chi connectivity index (χ1n) is 4.46. The summed E-state index contributed by atoms with van der Waals surface area (Å²) in [5.41, 5.74) is -1.07. The van der Waals surface area contributed by atoms with Gasteiger partial charge in [-0.2, -0.15) is 0 Å². The first-order chi connectivity index (χ1) is 8.36. The highest BCUT2D eigenvalue weighted by Gasteiger charge is 2.30. The molecule has 0 unspecified atom stereocenters. The number of hydrogen-bond acceptors (Lipinski definition) is 6. The zero-order chi connectivity index (χ0) is 14.0. The van der Waals surface area contributed by atoms with Crippen molar-refractivity contribution < 1.29 is 29.3 Å². The Morgan fingerprint density at radius 2 is 1.17 bits per heavy atom. The van der Waals surface area contributed by atoms with E-state index in [0.717, 1.165) is 14.2 Å². The van der Waals surface area contributed by atoms with E-state index < -0.39 is 44.6 Å². The van der Waals surface area contributed by atoms with E-state index in [1.54, 1.807) is 0 Å². The maximum absolute atomic E-state index is 11.4. The number of esters is 2. The van der Waals surface area contributed by atoms with Crippen molar-refractivity contribution >= 4 is 35.1 Å². The molecule has 0 radical (unpaired) electrons. The summed E-state index contributed by atoms with van der Waals surface area (Å²) in [7, 11) is 2.11. The lowest BCUT2D eigenvalue weighted by atomic mass is 10.1. The van der Waals surface area contributed by atoms with Crippen LogP contribution in [0.15, 0.2) is 0 Å². The molecule has 0 aromatic heterocycles. The number of rotatable bonds is 2. The van der Waals surface area contributed by atoms with Gasteiger partial charge in [-0.25, -0.2) is 9.59 Å². The van der Waals surface area contributed by atoms with E-state index in [4.69, 9.17) is 23.2 Å². The van der Waals surface area contributed by atoms with Crippen LogP contribution < -0.4 is 0 Å². The number of halogens is 2. The van der Waals surface area contributed by atoms with Crippen LogP contribution in [0.3, 0.4) is 0 Å². The zero-order valence-electron chi connectivity index (χ0n) is 9.28. The van der Waals surface area contributed by atoms with E-state index in [0.29, 0.717) is 0 Å². The number of benzene rings is 1. The van der Waals surface area contributed by atoms with E-state index in [1.807, 2.05) is 0 Å². The third kappa shape index (κ3) is 2.16. The number of carbonyl (C=O) groups excluding carboxylic acids is 2. The van der Waals surface area contributed by atoms with Crippen LogP contribution >= 0.6 is 23.2 Å². The predicted molar refractivity (Wildman–Crippen MR) is 62.5 cm³/mol. The van der Waals surface area contributed by atoms with Crippen LogP contribution in [-0.2, 0) is 9.47 Å². The van der Waals surface area contributed by atoms with Gasteiger partial charge in [-0.3, -0.25) is 0 Å². The minimum absolute atomic E-state index is 0.533. The molecule has 1 rings (SSSR count). The number of aromatic hydroxyl groups is 2. The molecule has 0 fully saturated rings. The molecule has 0 aliphatic heterocycles. The second-order valence-corrected chi connectivity index (χ2v) is 3.81. The van der Waals surface area contributed by atoms with Crippen molar-refractivity contribution in [3.05, 3.63) is 21.2 Å². The fraction of sp³-hybridized carbons (Fsp3) is 0.200. The molecule has 1 aromatic rings. The van der Waals surface area contributed by atoms with Crippen molar-refractivity contribution in [1.82, 2.24) is 0 Å². The number of ether oxygens (including phenoxy) is 2. The number of phenolic OH excluding ortho intramolecular Hbond substituents is 2. The van der Waals surface area contributed by atoms with Crippen molar-refractivity contribution in [3.63, 3.8) is 0 Å². The van der Waals surface area contributed by atoms with Crippen LogP contribution in [0.4, 0.5) is 0 Å². The van der Waals surface area contributed by atoms with Gasteiger partial charge in [0.25, 0.3) is 0 Å². The highest BCUT2D eigenvalue weighted by molar-refractivity contribution is 6.40. The van der Waals surface area contributed by atoms with Gasteiger partial charge >= 0.3 is 11.9 Å². The summed E-state index contributed by atoms with van der Waals surface area (Å²) in [6.45, 7) is 0. The van der Waals surface area contributed by atoms with Gasteiger partial charge in [-0.1, -0.05) is 23.2 Å². The Morgan fingerprint density at radius 3 is 1.39 bits per heavy atom. The van der Waals surface area contributed by atoms with Crippen LogP contribution in [0.1, 0.15) is 20.7 Å². The fourth-order valence-electron chi connectivity index (χ4n) is 1.24. The van der Waals surface area contributed by atoms with Gasteiger partial charge in [0.05, 0.1) is 14.2 Å². The van der Waals surface area contributed by atoms with Crippen LogP contribution in [0.2, 0.25) is 10.0 Å². The summed E-state index contributed by atoms with van der Waals surface area (Å²) < 4.78 is 8.73. The number of carbonyl (C=O) groups is 2. The molecule has 2 N–H and O–H groups in total. The van der Waals surface area contributed by atoms with Crippen LogP contribution in [-0.4, -0.2) is 36.4 Å². The Labute approximate surface area is 112 Å². The summed E-state index contributed by atoms with van der Waals surface area (Å²) in [6.07, 6.45) is 0. The molecule has 0 saturated carbocycles. The Bertz CT molecular complexity index is 450. The van der Waals surface area contributed by atoms with E-state index >= 15 is 0 Å². The van der Waals surface area contributed by atoms with Gasteiger partial charge in [0, 0.05) is 0 Å². The molecule has 0 heterocycles. The van der Waals surface area contributed by atoms with Crippen LogP contribution in [0.5, 0.6) is 11.5 Å². The van der Waals surface area contributed by atoms with Crippen molar-refractivity contribution in [3.8, 4) is 11.5 Å². The molecule has 0 amide bonds. The third-order valence-electron chi connectivity index (χ3n) is 2.11. The molecular formula is C10H8Cl2O6. The average Bonchev–Trinajstić information content (AvgIpc) is 2.36. The standard InChI is InChI=1S/C10H8Cl2O6/c1-17-9(15)3-5(11)8(14)4(10(16)18-2)6(12)7(3)13/h13-14H,1-2H3. The minimum atomic E-state index is -1.01. The Kier molecular flexibility index (Phi) is 4.26. The third-order valence-corrected chi connectivity index (χ3v) is 2.84. The number of methoxy groups -OCH3 is 2. The first kappa shape index (κ1) is 14.4. The van der Waals surface area contributed by atoms with Gasteiger partial charge in [-0.15, -0.1) is 0 Å². The lowest BCUT2D eigenvalue weighted by Gasteiger charge is -2.12. The lowest BCUT2D eigenvalue weighted by Crippen LogP contribution is -2.08. The molecule has 8 heteroatoms. The molecule has 1 aromatic carbocycles. The van der Waals surface area contributed by atoms with Crippen molar-refractivity contribution in [2.24, 2.45) is 0 Å². The quantitative estimate of drug-likeness (QED) is 0.640. The van der Waals surface area contributed by atoms with Gasteiger partial charge < -0.3 is 19.7 Å². The normalized spacial score (nSPS) is 10.0. The average molecular weight is 295 g/mol. The molecule has 0 saturated heterocycles. The molecule has 0 aliphatic carbocycles. The lowest BCUT2D eigenvalue weighted by molar-refractivity contribution is 0.0580. The van der Waals surface area contributed by atoms with Gasteiger partial charge in [0.2, 0.25) is 0 Å².